The summed E-state index contributed by atoms with van der Waals surface area (Å²) >= 11 is 0. The van der Waals surface area contributed by atoms with E-state index >= 15 is 0 Å². The highest BCUT2D eigenvalue weighted by atomic mass is 16.2. The standard InChI is InChI=1S/C19H17N3O2/c1-12-6-7-16(8-13(12)2)17-18(23)22(19(24)21-17)11-15-5-3-4-14(9-15)10-20/h3-9,17H,11H2,1-2H3,(H,21,24). The summed E-state index contributed by atoms with van der Waals surface area (Å²) in [5, 5.41) is 11.7. The normalized spacial score (nSPS) is 16.9. The number of aryl methyl sites for hydroxylation is 2. The topological polar surface area (TPSA) is 73.2 Å². The van der Waals surface area contributed by atoms with Gasteiger partial charge in [-0.3, -0.25) is 9.69 Å². The lowest BCUT2D eigenvalue weighted by Crippen LogP contribution is -2.30. The number of carbonyl (C=O) groups excluding carboxylic acids is 2. The number of hydrogen-bond donors (Lipinski definition) is 1. The molecule has 0 radical (unpaired) electrons. The van der Waals surface area contributed by atoms with Crippen LogP contribution in [-0.4, -0.2) is 16.8 Å². The van der Waals surface area contributed by atoms with Crippen LogP contribution in [0.3, 0.4) is 0 Å². The first-order valence-corrected chi connectivity index (χ1v) is 7.67. The van der Waals surface area contributed by atoms with Crippen molar-refractivity contribution in [2.45, 2.75) is 26.4 Å². The number of benzene rings is 2. The maximum absolute atomic E-state index is 12.6. The number of hydrogen-bond acceptors (Lipinski definition) is 3. The number of nitrogens with zero attached hydrogens (tertiary/aromatic N) is 2. The summed E-state index contributed by atoms with van der Waals surface area (Å²) in [6.45, 7) is 4.13. The molecule has 1 saturated heterocycles. The molecule has 0 spiro atoms. The van der Waals surface area contributed by atoms with Crippen molar-refractivity contribution in [3.8, 4) is 6.07 Å². The monoisotopic (exact) mass is 319 g/mol. The SMILES string of the molecule is Cc1ccc(C2NC(=O)N(Cc3cccc(C#N)c3)C2=O)cc1C. The van der Waals surface area contributed by atoms with E-state index in [2.05, 4.69) is 11.4 Å². The lowest BCUT2D eigenvalue weighted by molar-refractivity contribution is -0.128. The summed E-state index contributed by atoms with van der Waals surface area (Å²) in [4.78, 5) is 26.0. The van der Waals surface area contributed by atoms with Gasteiger partial charge >= 0.3 is 6.03 Å². The van der Waals surface area contributed by atoms with Gasteiger partial charge in [-0.15, -0.1) is 0 Å². The van der Waals surface area contributed by atoms with Gasteiger partial charge in [0, 0.05) is 0 Å². The molecule has 1 heterocycles. The van der Waals surface area contributed by atoms with Gasteiger partial charge in [0.15, 0.2) is 0 Å². The summed E-state index contributed by atoms with van der Waals surface area (Å²) in [6, 6.07) is 13.6. The molecular formula is C19H17N3O2. The van der Waals surface area contributed by atoms with Gasteiger partial charge in [-0.05, 0) is 48.2 Å². The van der Waals surface area contributed by atoms with E-state index in [0.29, 0.717) is 5.56 Å². The molecular weight excluding hydrogens is 302 g/mol. The van der Waals surface area contributed by atoms with Crippen LogP contribution >= 0.6 is 0 Å². The van der Waals surface area contributed by atoms with Gasteiger partial charge in [0.05, 0.1) is 18.2 Å². The van der Waals surface area contributed by atoms with Crippen LogP contribution in [0.5, 0.6) is 0 Å². The Labute approximate surface area is 140 Å². The molecule has 5 nitrogen and oxygen atoms in total. The molecule has 1 unspecified atom stereocenters. The zero-order valence-electron chi connectivity index (χ0n) is 13.5. The fourth-order valence-electron chi connectivity index (χ4n) is 2.76. The van der Waals surface area contributed by atoms with Gasteiger partial charge in [-0.25, -0.2) is 4.79 Å². The van der Waals surface area contributed by atoms with E-state index in [1.54, 1.807) is 24.3 Å². The molecule has 24 heavy (non-hydrogen) atoms. The highest BCUT2D eigenvalue weighted by molar-refractivity contribution is 6.04. The molecule has 120 valence electrons. The van der Waals surface area contributed by atoms with Gasteiger partial charge in [0.2, 0.25) is 0 Å². The Hall–Kier alpha value is -3.13. The molecule has 2 aromatic rings. The van der Waals surface area contributed by atoms with Crippen LogP contribution in [-0.2, 0) is 11.3 Å². The van der Waals surface area contributed by atoms with Gasteiger partial charge in [-0.2, -0.15) is 5.26 Å². The van der Waals surface area contributed by atoms with Crippen LogP contribution in [0.1, 0.15) is 33.9 Å². The molecule has 0 bridgehead atoms. The Balaban J connectivity index is 1.83. The third-order valence-electron chi connectivity index (χ3n) is 4.29. The molecule has 1 fully saturated rings. The zero-order chi connectivity index (χ0) is 17.3. The minimum absolute atomic E-state index is 0.154. The maximum atomic E-state index is 12.6. The molecule has 3 rings (SSSR count). The number of urea groups is 1. The minimum atomic E-state index is -0.657. The second-order valence-electron chi connectivity index (χ2n) is 5.96. The van der Waals surface area contributed by atoms with Crippen LogP contribution in [0, 0.1) is 25.2 Å². The summed E-state index contributed by atoms with van der Waals surface area (Å²) < 4.78 is 0. The first kappa shape index (κ1) is 15.8. The predicted molar refractivity (Wildman–Crippen MR) is 88.9 cm³/mol. The molecule has 3 amide bonds. The van der Waals surface area contributed by atoms with Crippen molar-refractivity contribution in [2.75, 3.05) is 0 Å². The molecule has 2 aromatic carbocycles. The minimum Gasteiger partial charge on any atom is -0.322 e. The van der Waals surface area contributed by atoms with Gasteiger partial charge < -0.3 is 5.32 Å². The number of rotatable bonds is 3. The number of nitriles is 1. The van der Waals surface area contributed by atoms with Gasteiger partial charge in [0.25, 0.3) is 5.91 Å². The van der Waals surface area contributed by atoms with E-state index in [1.165, 1.54) is 4.90 Å². The van der Waals surface area contributed by atoms with Gasteiger partial charge in [-0.1, -0.05) is 30.3 Å². The quantitative estimate of drug-likeness (QED) is 0.884. The first-order chi connectivity index (χ1) is 11.5. The summed E-state index contributed by atoms with van der Waals surface area (Å²) in [5.74, 6) is -0.273. The van der Waals surface area contributed by atoms with Crippen LogP contribution in [0.25, 0.3) is 0 Å². The van der Waals surface area contributed by atoms with Crippen molar-refractivity contribution in [2.24, 2.45) is 0 Å². The smallest absolute Gasteiger partial charge is 0.322 e. The van der Waals surface area contributed by atoms with Crippen molar-refractivity contribution >= 4 is 11.9 Å². The van der Waals surface area contributed by atoms with Crippen molar-refractivity contribution < 1.29 is 9.59 Å². The Bertz CT molecular complexity index is 867. The van der Waals surface area contributed by atoms with E-state index in [0.717, 1.165) is 22.3 Å². The van der Waals surface area contributed by atoms with E-state index in [4.69, 9.17) is 5.26 Å². The average molecular weight is 319 g/mol. The second-order valence-corrected chi connectivity index (χ2v) is 5.96. The van der Waals surface area contributed by atoms with E-state index in [9.17, 15) is 9.59 Å². The third kappa shape index (κ3) is 2.86. The first-order valence-electron chi connectivity index (χ1n) is 7.67. The maximum Gasteiger partial charge on any atom is 0.325 e. The number of imide groups is 1. The fourth-order valence-corrected chi connectivity index (χ4v) is 2.76. The second kappa shape index (κ2) is 6.17. The molecule has 1 aliphatic heterocycles. The average Bonchev–Trinajstić information content (AvgIpc) is 2.86. The van der Waals surface area contributed by atoms with Crippen LogP contribution < -0.4 is 5.32 Å². The number of amides is 3. The molecule has 1 aliphatic rings. The van der Waals surface area contributed by atoms with Crippen LogP contribution in [0.15, 0.2) is 42.5 Å². The zero-order valence-corrected chi connectivity index (χ0v) is 13.5. The van der Waals surface area contributed by atoms with Gasteiger partial charge in [0.1, 0.15) is 6.04 Å². The van der Waals surface area contributed by atoms with Crippen molar-refractivity contribution in [1.29, 1.82) is 5.26 Å². The molecule has 5 heteroatoms. The van der Waals surface area contributed by atoms with E-state index in [1.807, 2.05) is 32.0 Å². The molecule has 1 atom stereocenters. The largest absolute Gasteiger partial charge is 0.325 e. The van der Waals surface area contributed by atoms with E-state index < -0.39 is 12.1 Å². The van der Waals surface area contributed by atoms with Crippen molar-refractivity contribution in [3.05, 3.63) is 70.3 Å². The Kier molecular flexibility index (Phi) is 4.05. The third-order valence-corrected chi connectivity index (χ3v) is 4.29. The fraction of sp³-hybridized carbons (Fsp3) is 0.211. The summed E-state index contributed by atoms with van der Waals surface area (Å²) in [5.41, 5.74) is 4.25. The number of nitrogens with one attached hydrogen (secondary N) is 1. The summed E-state index contributed by atoms with van der Waals surface area (Å²) in [7, 11) is 0. The van der Waals surface area contributed by atoms with Crippen LogP contribution in [0.4, 0.5) is 4.79 Å². The highest BCUT2D eigenvalue weighted by Gasteiger charge is 2.38. The molecule has 1 N–H and O–H groups in total. The molecule has 0 aromatic heterocycles. The summed E-state index contributed by atoms with van der Waals surface area (Å²) in [6.07, 6.45) is 0. The Morgan fingerprint density at radius 2 is 1.92 bits per heavy atom. The Morgan fingerprint density at radius 1 is 1.12 bits per heavy atom. The highest BCUT2D eigenvalue weighted by Crippen LogP contribution is 2.25. The predicted octanol–water partition coefficient (Wildman–Crippen LogP) is 2.97. The molecule has 0 saturated carbocycles. The Morgan fingerprint density at radius 3 is 2.62 bits per heavy atom. The van der Waals surface area contributed by atoms with E-state index in [-0.39, 0.29) is 12.5 Å². The lowest BCUT2D eigenvalue weighted by atomic mass is 10.0. The van der Waals surface area contributed by atoms with Crippen LogP contribution in [0.2, 0.25) is 0 Å². The lowest BCUT2D eigenvalue weighted by Gasteiger charge is -2.14. The number of carbonyl (C=O) groups is 2. The van der Waals surface area contributed by atoms with Crippen molar-refractivity contribution in [1.82, 2.24) is 10.2 Å². The van der Waals surface area contributed by atoms with Crippen molar-refractivity contribution in [3.63, 3.8) is 0 Å². The molecule has 0 aliphatic carbocycles.